The first-order valence-corrected chi connectivity index (χ1v) is 6.04. The van der Waals surface area contributed by atoms with Crippen LogP contribution in [0.1, 0.15) is 32.6 Å². The van der Waals surface area contributed by atoms with Gasteiger partial charge in [-0.25, -0.2) is 0 Å². The van der Waals surface area contributed by atoms with Crippen LogP contribution in [0.25, 0.3) is 0 Å². The van der Waals surface area contributed by atoms with E-state index < -0.39 is 0 Å². The Kier molecular flexibility index (Phi) is 2.48. The Hall–Kier alpha value is 0.440. The first-order chi connectivity index (χ1) is 5.74. The van der Waals surface area contributed by atoms with E-state index in [-0.39, 0.29) is 0 Å². The molecule has 2 fully saturated rings. The molecular formula is C10H17BrO. The van der Waals surface area contributed by atoms with Crippen molar-refractivity contribution in [2.45, 2.75) is 38.7 Å². The topological polar surface area (TPSA) is 12.5 Å². The molecule has 1 aliphatic carbocycles. The minimum atomic E-state index is 0.622. The summed E-state index contributed by atoms with van der Waals surface area (Å²) < 4.78 is 5.23. The fourth-order valence-electron chi connectivity index (χ4n) is 2.50. The van der Waals surface area contributed by atoms with Gasteiger partial charge in [-0.3, -0.25) is 0 Å². The van der Waals surface area contributed by atoms with Crippen LogP contribution in [0.15, 0.2) is 0 Å². The maximum Gasteiger partial charge on any atom is 0.0810 e. The lowest BCUT2D eigenvalue weighted by Gasteiger charge is -2.45. The molecule has 0 aromatic carbocycles. The maximum absolute atomic E-state index is 5.23. The van der Waals surface area contributed by atoms with E-state index in [1.54, 1.807) is 0 Å². The quantitative estimate of drug-likeness (QED) is 0.537. The van der Waals surface area contributed by atoms with Crippen molar-refractivity contribution in [3.8, 4) is 0 Å². The van der Waals surface area contributed by atoms with Gasteiger partial charge in [-0.15, -0.1) is 0 Å². The van der Waals surface area contributed by atoms with Crippen LogP contribution in [0.2, 0.25) is 0 Å². The van der Waals surface area contributed by atoms with E-state index in [0.717, 1.165) is 12.5 Å². The van der Waals surface area contributed by atoms with E-state index in [9.17, 15) is 0 Å². The average molecular weight is 233 g/mol. The van der Waals surface area contributed by atoms with Gasteiger partial charge in [0.2, 0.25) is 0 Å². The van der Waals surface area contributed by atoms with Crippen molar-refractivity contribution in [3.63, 3.8) is 0 Å². The molecule has 2 aliphatic rings. The second-order valence-electron chi connectivity index (χ2n) is 4.64. The van der Waals surface area contributed by atoms with E-state index in [1.807, 2.05) is 0 Å². The Balaban J connectivity index is 1.74. The molecule has 0 bridgehead atoms. The second-order valence-corrected chi connectivity index (χ2v) is 5.20. The fraction of sp³-hybridized carbons (Fsp3) is 1.00. The van der Waals surface area contributed by atoms with Gasteiger partial charge in [0.05, 0.1) is 12.7 Å². The van der Waals surface area contributed by atoms with Crippen LogP contribution in [-0.4, -0.2) is 18.0 Å². The first kappa shape index (κ1) is 9.01. The normalized spacial score (nSPS) is 45.5. The predicted octanol–water partition coefficient (Wildman–Crippen LogP) is 2.98. The SMILES string of the molecule is CC1CC(CBr)(CCC2CO2)C1. The number of alkyl halides is 1. The van der Waals surface area contributed by atoms with E-state index >= 15 is 0 Å². The molecule has 1 aliphatic heterocycles. The molecule has 2 rings (SSSR count). The highest BCUT2D eigenvalue weighted by molar-refractivity contribution is 9.09. The third kappa shape index (κ3) is 1.85. The van der Waals surface area contributed by atoms with Gasteiger partial charge in [0.15, 0.2) is 0 Å². The monoisotopic (exact) mass is 232 g/mol. The highest BCUT2D eigenvalue weighted by Gasteiger charge is 2.41. The molecule has 1 saturated heterocycles. The molecule has 0 N–H and O–H groups in total. The van der Waals surface area contributed by atoms with Crippen molar-refractivity contribution in [1.82, 2.24) is 0 Å². The van der Waals surface area contributed by atoms with Gasteiger partial charge in [0, 0.05) is 5.33 Å². The number of hydrogen-bond acceptors (Lipinski definition) is 1. The second kappa shape index (κ2) is 3.30. The van der Waals surface area contributed by atoms with E-state index in [1.165, 1.54) is 31.0 Å². The molecule has 1 atom stereocenters. The Morgan fingerprint density at radius 2 is 2.17 bits per heavy atom. The molecule has 2 heteroatoms. The molecular weight excluding hydrogens is 216 g/mol. The van der Waals surface area contributed by atoms with Crippen molar-refractivity contribution in [2.75, 3.05) is 11.9 Å². The Morgan fingerprint density at radius 3 is 2.58 bits per heavy atom. The summed E-state index contributed by atoms with van der Waals surface area (Å²) in [6.45, 7) is 3.38. The number of rotatable bonds is 4. The molecule has 0 aromatic heterocycles. The van der Waals surface area contributed by atoms with Crippen LogP contribution >= 0.6 is 15.9 Å². The van der Waals surface area contributed by atoms with Gasteiger partial charge >= 0.3 is 0 Å². The van der Waals surface area contributed by atoms with Gasteiger partial charge in [-0.1, -0.05) is 22.9 Å². The zero-order valence-electron chi connectivity index (χ0n) is 7.68. The zero-order valence-corrected chi connectivity index (χ0v) is 9.27. The van der Waals surface area contributed by atoms with Crippen LogP contribution in [-0.2, 0) is 4.74 Å². The number of ether oxygens (including phenoxy) is 1. The van der Waals surface area contributed by atoms with E-state index in [4.69, 9.17) is 4.74 Å². The molecule has 12 heavy (non-hydrogen) atoms. The zero-order chi connectivity index (χ0) is 8.60. The lowest BCUT2D eigenvalue weighted by molar-refractivity contribution is 0.0790. The minimum absolute atomic E-state index is 0.622. The lowest BCUT2D eigenvalue weighted by Crippen LogP contribution is -2.37. The van der Waals surface area contributed by atoms with Gasteiger partial charge < -0.3 is 4.74 Å². The summed E-state index contributed by atoms with van der Waals surface area (Å²) in [6.07, 6.45) is 6.12. The third-order valence-electron chi connectivity index (χ3n) is 3.25. The van der Waals surface area contributed by atoms with Gasteiger partial charge in [0.1, 0.15) is 0 Å². The van der Waals surface area contributed by atoms with Crippen LogP contribution in [0.4, 0.5) is 0 Å². The summed E-state index contributed by atoms with van der Waals surface area (Å²) in [5.41, 5.74) is 0.644. The molecule has 0 amide bonds. The summed E-state index contributed by atoms with van der Waals surface area (Å²) in [5, 5.41) is 1.19. The Morgan fingerprint density at radius 1 is 1.50 bits per heavy atom. The standard InChI is InChI=1S/C10H17BrO/c1-8-4-10(5-8,7-11)3-2-9-6-12-9/h8-9H,2-7H2,1H3. The molecule has 0 radical (unpaired) electrons. The smallest absolute Gasteiger partial charge is 0.0810 e. The molecule has 1 saturated carbocycles. The Labute approximate surface area is 83.0 Å². The van der Waals surface area contributed by atoms with Gasteiger partial charge in [-0.2, -0.15) is 0 Å². The molecule has 0 spiro atoms. The highest BCUT2D eigenvalue weighted by atomic mass is 79.9. The summed E-state index contributed by atoms with van der Waals surface area (Å²) >= 11 is 3.64. The molecule has 1 nitrogen and oxygen atoms in total. The van der Waals surface area contributed by atoms with Crippen molar-refractivity contribution in [1.29, 1.82) is 0 Å². The third-order valence-corrected chi connectivity index (χ3v) is 4.43. The summed E-state index contributed by atoms with van der Waals surface area (Å²) in [5.74, 6) is 0.961. The minimum Gasteiger partial charge on any atom is -0.373 e. The summed E-state index contributed by atoms with van der Waals surface area (Å²) in [7, 11) is 0. The molecule has 1 unspecified atom stereocenters. The van der Waals surface area contributed by atoms with E-state index in [2.05, 4.69) is 22.9 Å². The Bertz CT molecular complexity index is 159. The summed E-state index contributed by atoms with van der Waals surface area (Å²) in [6, 6.07) is 0. The van der Waals surface area contributed by atoms with Crippen LogP contribution in [0.5, 0.6) is 0 Å². The van der Waals surface area contributed by atoms with Crippen LogP contribution in [0.3, 0.4) is 0 Å². The lowest BCUT2D eigenvalue weighted by atomic mass is 9.62. The summed E-state index contributed by atoms with van der Waals surface area (Å²) in [4.78, 5) is 0. The van der Waals surface area contributed by atoms with Crippen molar-refractivity contribution < 1.29 is 4.74 Å². The van der Waals surface area contributed by atoms with Gasteiger partial charge in [0.25, 0.3) is 0 Å². The average Bonchev–Trinajstić information content (AvgIpc) is 2.78. The molecule has 0 aromatic rings. The largest absolute Gasteiger partial charge is 0.373 e. The number of epoxide rings is 1. The van der Waals surface area contributed by atoms with Crippen molar-refractivity contribution in [3.05, 3.63) is 0 Å². The van der Waals surface area contributed by atoms with Crippen LogP contribution in [0, 0.1) is 11.3 Å². The molecule has 70 valence electrons. The van der Waals surface area contributed by atoms with Gasteiger partial charge in [-0.05, 0) is 37.0 Å². The first-order valence-electron chi connectivity index (χ1n) is 4.92. The fourth-order valence-corrected chi connectivity index (χ4v) is 3.24. The van der Waals surface area contributed by atoms with Crippen molar-refractivity contribution >= 4 is 15.9 Å². The number of halogens is 1. The van der Waals surface area contributed by atoms with Crippen molar-refractivity contribution in [2.24, 2.45) is 11.3 Å². The molecule has 1 heterocycles. The van der Waals surface area contributed by atoms with Crippen LogP contribution < -0.4 is 0 Å². The van der Waals surface area contributed by atoms with E-state index in [0.29, 0.717) is 11.5 Å². The highest BCUT2D eigenvalue weighted by Crippen LogP contribution is 2.50. The number of hydrogen-bond donors (Lipinski definition) is 0. The maximum atomic E-state index is 5.23. The predicted molar refractivity (Wildman–Crippen MR) is 53.6 cm³/mol.